The van der Waals surface area contributed by atoms with Crippen molar-refractivity contribution in [3.63, 3.8) is 0 Å². The summed E-state index contributed by atoms with van der Waals surface area (Å²) < 4.78 is 2.15. The van der Waals surface area contributed by atoms with Gasteiger partial charge in [-0.25, -0.2) is 4.98 Å². The highest BCUT2D eigenvalue weighted by Crippen LogP contribution is 2.20. The van der Waals surface area contributed by atoms with Crippen molar-refractivity contribution in [1.29, 1.82) is 0 Å². The minimum Gasteiger partial charge on any atom is -0.330 e. The Morgan fingerprint density at radius 2 is 1.91 bits per heavy atom. The van der Waals surface area contributed by atoms with Crippen molar-refractivity contribution in [3.8, 4) is 0 Å². The van der Waals surface area contributed by atoms with Crippen molar-refractivity contribution in [2.75, 3.05) is 38.0 Å². The molecule has 1 N–H and O–H groups in total. The zero-order chi connectivity index (χ0) is 16.4. The van der Waals surface area contributed by atoms with Gasteiger partial charge in [-0.05, 0) is 24.7 Å². The van der Waals surface area contributed by atoms with Crippen molar-refractivity contribution in [2.45, 2.75) is 20.4 Å². The van der Waals surface area contributed by atoms with Crippen molar-refractivity contribution in [3.05, 3.63) is 24.0 Å². The van der Waals surface area contributed by atoms with E-state index in [4.69, 9.17) is 4.98 Å². The number of nitrogens with zero attached hydrogens (tertiary/aromatic N) is 4. The zero-order valence-electron chi connectivity index (χ0n) is 14.2. The fourth-order valence-corrected chi connectivity index (χ4v) is 3.14. The number of likely N-dealkylation sites (N-methyl/N-ethyl adjacent to an activating group) is 1. The molecule has 0 unspecified atom stereocenters. The van der Waals surface area contributed by atoms with Crippen molar-refractivity contribution in [2.24, 2.45) is 7.05 Å². The Morgan fingerprint density at radius 3 is 2.57 bits per heavy atom. The highest BCUT2D eigenvalue weighted by molar-refractivity contribution is 5.91. The SMILES string of the molecule is CCN1CCN(Cc2nc3cc(NC(C)=O)ccc3n2C)CC1. The highest BCUT2D eigenvalue weighted by atomic mass is 16.1. The standard InChI is InChI=1S/C17H25N5O/c1-4-21-7-9-22(10-8-21)12-17-19-15-11-14(18-13(2)23)5-6-16(15)20(17)3/h5-6,11H,4,7-10,12H2,1-3H3,(H,18,23). The number of fused-ring (bicyclic) bond motifs is 1. The minimum absolute atomic E-state index is 0.0608. The Bertz CT molecular complexity index is 700. The van der Waals surface area contributed by atoms with E-state index in [1.54, 1.807) is 0 Å². The molecule has 1 saturated heterocycles. The first kappa shape index (κ1) is 16.0. The van der Waals surface area contributed by atoms with Crippen LogP contribution in [0, 0.1) is 0 Å². The molecule has 2 aromatic rings. The fourth-order valence-electron chi connectivity index (χ4n) is 3.14. The first-order valence-corrected chi connectivity index (χ1v) is 8.24. The van der Waals surface area contributed by atoms with Gasteiger partial charge in [-0.1, -0.05) is 6.92 Å². The molecule has 0 spiro atoms. The summed E-state index contributed by atoms with van der Waals surface area (Å²) in [7, 11) is 2.06. The average Bonchev–Trinajstić information content (AvgIpc) is 2.83. The lowest BCUT2D eigenvalue weighted by Crippen LogP contribution is -2.45. The molecule has 3 rings (SSSR count). The molecule has 0 saturated carbocycles. The first-order chi connectivity index (χ1) is 11.1. The molecule has 2 heterocycles. The predicted octanol–water partition coefficient (Wildman–Crippen LogP) is 1.67. The molecule has 0 bridgehead atoms. The number of carbonyl (C=O) groups is 1. The van der Waals surface area contributed by atoms with Crippen LogP contribution in [0.2, 0.25) is 0 Å². The Morgan fingerprint density at radius 1 is 1.22 bits per heavy atom. The molecule has 1 aromatic heterocycles. The lowest BCUT2D eigenvalue weighted by atomic mass is 10.2. The number of amides is 1. The smallest absolute Gasteiger partial charge is 0.221 e. The van der Waals surface area contributed by atoms with E-state index in [-0.39, 0.29) is 5.91 Å². The number of carbonyl (C=O) groups excluding carboxylic acids is 1. The van der Waals surface area contributed by atoms with Crippen LogP contribution >= 0.6 is 0 Å². The van der Waals surface area contributed by atoms with Gasteiger partial charge in [0, 0.05) is 45.8 Å². The maximum Gasteiger partial charge on any atom is 0.221 e. The number of hydrogen-bond acceptors (Lipinski definition) is 4. The molecule has 124 valence electrons. The Kier molecular flexibility index (Phi) is 4.63. The van der Waals surface area contributed by atoms with Gasteiger partial charge in [0.2, 0.25) is 5.91 Å². The summed E-state index contributed by atoms with van der Waals surface area (Å²) in [5, 5.41) is 2.81. The molecule has 0 atom stereocenters. The van der Waals surface area contributed by atoms with Crippen LogP contribution < -0.4 is 5.32 Å². The number of piperazine rings is 1. The van der Waals surface area contributed by atoms with Gasteiger partial charge < -0.3 is 14.8 Å². The maximum absolute atomic E-state index is 11.2. The number of imidazole rings is 1. The summed E-state index contributed by atoms with van der Waals surface area (Å²) in [4.78, 5) is 20.9. The number of aromatic nitrogens is 2. The summed E-state index contributed by atoms with van der Waals surface area (Å²) in [6, 6.07) is 5.89. The third-order valence-corrected chi connectivity index (χ3v) is 4.57. The summed E-state index contributed by atoms with van der Waals surface area (Å²) >= 11 is 0. The van der Waals surface area contributed by atoms with E-state index < -0.39 is 0 Å². The minimum atomic E-state index is -0.0608. The lowest BCUT2D eigenvalue weighted by Gasteiger charge is -2.33. The van der Waals surface area contributed by atoms with Gasteiger partial charge in [-0.2, -0.15) is 0 Å². The fraction of sp³-hybridized carbons (Fsp3) is 0.529. The van der Waals surface area contributed by atoms with E-state index in [2.05, 4.69) is 33.7 Å². The van der Waals surface area contributed by atoms with E-state index in [1.807, 2.05) is 18.2 Å². The Balaban J connectivity index is 1.76. The normalized spacial score (nSPS) is 16.8. The van der Waals surface area contributed by atoms with Crippen LogP contribution in [-0.2, 0) is 18.4 Å². The van der Waals surface area contributed by atoms with Gasteiger partial charge in [-0.3, -0.25) is 9.69 Å². The summed E-state index contributed by atoms with van der Waals surface area (Å²) in [5.41, 5.74) is 2.83. The second-order valence-electron chi connectivity index (χ2n) is 6.18. The van der Waals surface area contributed by atoms with E-state index in [1.165, 1.54) is 6.92 Å². The van der Waals surface area contributed by atoms with Crippen LogP contribution in [0.25, 0.3) is 11.0 Å². The number of benzene rings is 1. The largest absolute Gasteiger partial charge is 0.330 e. The molecule has 6 heteroatoms. The number of anilines is 1. The van der Waals surface area contributed by atoms with Gasteiger partial charge in [0.15, 0.2) is 0 Å². The Labute approximate surface area is 137 Å². The molecular formula is C17H25N5O. The summed E-state index contributed by atoms with van der Waals surface area (Å²) in [5.74, 6) is 1.01. The van der Waals surface area contributed by atoms with E-state index in [0.717, 1.165) is 61.8 Å². The summed E-state index contributed by atoms with van der Waals surface area (Å²) in [6.45, 7) is 10.2. The second-order valence-corrected chi connectivity index (χ2v) is 6.18. The quantitative estimate of drug-likeness (QED) is 0.932. The molecule has 6 nitrogen and oxygen atoms in total. The average molecular weight is 315 g/mol. The van der Waals surface area contributed by atoms with E-state index in [0.29, 0.717) is 0 Å². The van der Waals surface area contributed by atoms with Gasteiger partial charge in [0.05, 0.1) is 17.6 Å². The van der Waals surface area contributed by atoms with Gasteiger partial charge in [-0.15, -0.1) is 0 Å². The molecule has 23 heavy (non-hydrogen) atoms. The van der Waals surface area contributed by atoms with Crippen molar-refractivity contribution >= 4 is 22.6 Å². The first-order valence-electron chi connectivity index (χ1n) is 8.24. The molecule has 1 aliphatic rings. The van der Waals surface area contributed by atoms with Crippen LogP contribution in [0.5, 0.6) is 0 Å². The molecule has 1 aromatic carbocycles. The number of nitrogens with one attached hydrogen (secondary N) is 1. The van der Waals surface area contributed by atoms with Crippen molar-refractivity contribution in [1.82, 2.24) is 19.4 Å². The van der Waals surface area contributed by atoms with Crippen molar-refractivity contribution < 1.29 is 4.79 Å². The topological polar surface area (TPSA) is 53.4 Å². The molecule has 1 fully saturated rings. The summed E-state index contributed by atoms with van der Waals surface area (Å²) in [6.07, 6.45) is 0. The van der Waals surface area contributed by atoms with Crippen LogP contribution in [-0.4, -0.2) is 58.0 Å². The number of aryl methyl sites for hydroxylation is 1. The second kappa shape index (κ2) is 6.68. The molecular weight excluding hydrogens is 290 g/mol. The predicted molar refractivity (Wildman–Crippen MR) is 92.4 cm³/mol. The van der Waals surface area contributed by atoms with Crippen LogP contribution in [0.15, 0.2) is 18.2 Å². The molecule has 0 radical (unpaired) electrons. The van der Waals surface area contributed by atoms with E-state index in [9.17, 15) is 4.79 Å². The van der Waals surface area contributed by atoms with Gasteiger partial charge >= 0.3 is 0 Å². The Hall–Kier alpha value is -1.92. The zero-order valence-corrected chi connectivity index (χ0v) is 14.2. The molecule has 1 amide bonds. The molecule has 1 aliphatic heterocycles. The van der Waals surface area contributed by atoms with E-state index >= 15 is 0 Å². The highest BCUT2D eigenvalue weighted by Gasteiger charge is 2.18. The van der Waals surface area contributed by atoms with Gasteiger partial charge in [0.25, 0.3) is 0 Å². The van der Waals surface area contributed by atoms with Gasteiger partial charge in [0.1, 0.15) is 5.82 Å². The maximum atomic E-state index is 11.2. The van der Waals surface area contributed by atoms with Crippen LogP contribution in [0.4, 0.5) is 5.69 Å². The third-order valence-electron chi connectivity index (χ3n) is 4.57. The lowest BCUT2D eigenvalue weighted by molar-refractivity contribution is -0.114. The third kappa shape index (κ3) is 3.54. The van der Waals surface area contributed by atoms with Crippen LogP contribution in [0.3, 0.4) is 0 Å². The van der Waals surface area contributed by atoms with Crippen LogP contribution in [0.1, 0.15) is 19.7 Å². The molecule has 0 aliphatic carbocycles. The monoisotopic (exact) mass is 315 g/mol. The number of rotatable bonds is 4. The number of hydrogen-bond donors (Lipinski definition) is 1.